The van der Waals surface area contributed by atoms with Crippen molar-refractivity contribution in [3.05, 3.63) is 122 Å². The van der Waals surface area contributed by atoms with Crippen LogP contribution in [0, 0.1) is 0 Å². The van der Waals surface area contributed by atoms with Crippen molar-refractivity contribution in [3.8, 4) is 0 Å². The van der Waals surface area contributed by atoms with E-state index in [1.165, 1.54) is 0 Å². The quantitative estimate of drug-likeness (QED) is 0.0367. The van der Waals surface area contributed by atoms with E-state index < -0.39 is 5.97 Å². The number of hydrogen-bond donors (Lipinski definition) is 2. The van der Waals surface area contributed by atoms with E-state index in [-0.39, 0.29) is 24.5 Å². The lowest BCUT2D eigenvalue weighted by Gasteiger charge is -2.17. The number of nitrogens with one attached hydrogen (secondary N) is 1. The third-order valence-electron chi connectivity index (χ3n) is 9.14. The predicted octanol–water partition coefficient (Wildman–Crippen LogP) is 14.5. The molecule has 1 unspecified atom stereocenters. The Bertz CT molecular complexity index is 1290. The molecule has 0 fully saturated rings. The Kier molecular flexibility index (Phi) is 42.2. The van der Waals surface area contributed by atoms with Gasteiger partial charge in [-0.15, -0.1) is 0 Å². The number of rotatable bonds is 39. The fraction of sp³-hybridized carbons (Fsp3) is 0.558. The summed E-state index contributed by atoms with van der Waals surface area (Å²) in [5.74, 6) is -1.33. The van der Waals surface area contributed by atoms with Gasteiger partial charge in [0.15, 0.2) is 0 Å². The molecular weight excluding hydrogens is 719 g/mol. The van der Waals surface area contributed by atoms with E-state index in [0.29, 0.717) is 12.8 Å². The molecule has 0 aliphatic rings. The van der Waals surface area contributed by atoms with E-state index in [2.05, 4.69) is 141 Å². The monoisotopic (exact) mass is 800 g/mol. The maximum absolute atomic E-state index is 12.8. The average molecular weight is 800 g/mol. The number of unbranched alkanes of at least 4 members (excludes halogenated alkanes) is 8. The molecule has 1 amide bonds. The maximum Gasteiger partial charge on any atom is 0.322 e. The van der Waals surface area contributed by atoms with E-state index in [1.807, 2.05) is 0 Å². The van der Waals surface area contributed by atoms with Gasteiger partial charge in [-0.25, -0.2) is 0 Å². The molecule has 0 aromatic rings. The zero-order chi connectivity index (χ0) is 42.3. The van der Waals surface area contributed by atoms with Gasteiger partial charge in [0.2, 0.25) is 5.91 Å². The highest BCUT2D eigenvalue weighted by molar-refractivity contribution is 5.80. The summed E-state index contributed by atoms with van der Waals surface area (Å²) >= 11 is 0. The van der Waals surface area contributed by atoms with Crippen molar-refractivity contribution in [2.75, 3.05) is 6.54 Å². The highest BCUT2D eigenvalue weighted by Crippen LogP contribution is 2.17. The Morgan fingerprint density at radius 1 is 0.448 bits per heavy atom. The molecule has 0 rings (SSSR count). The van der Waals surface area contributed by atoms with Crippen molar-refractivity contribution in [2.24, 2.45) is 0 Å². The van der Waals surface area contributed by atoms with Gasteiger partial charge in [-0.3, -0.25) is 14.4 Å². The van der Waals surface area contributed by atoms with Crippen molar-refractivity contribution in [1.29, 1.82) is 0 Å². The van der Waals surface area contributed by atoms with Gasteiger partial charge in [0.05, 0.1) is 0 Å². The van der Waals surface area contributed by atoms with Crippen LogP contribution in [-0.2, 0) is 19.1 Å². The molecule has 1 atom stereocenters. The molecule has 6 nitrogen and oxygen atoms in total. The smallest absolute Gasteiger partial charge is 0.322 e. The Morgan fingerprint density at radius 3 is 1.29 bits per heavy atom. The van der Waals surface area contributed by atoms with Crippen LogP contribution in [0.5, 0.6) is 0 Å². The minimum Gasteiger partial charge on any atom is -0.480 e. The highest BCUT2D eigenvalue weighted by atomic mass is 16.5. The van der Waals surface area contributed by atoms with Crippen molar-refractivity contribution >= 4 is 17.8 Å². The van der Waals surface area contributed by atoms with Gasteiger partial charge in [0, 0.05) is 12.8 Å². The SMILES string of the molecule is CC/C=C\C/C=C\C/C=C\C/C=C\C/C=C\C/C=C\CCCCCCC(=O)OC(CC/C=C\C/C=C\C/C=C\C/C=C\CC)CCCCCCCC(=O)NCC(=O)O. The van der Waals surface area contributed by atoms with E-state index in [4.69, 9.17) is 9.84 Å². The largest absolute Gasteiger partial charge is 0.480 e. The lowest BCUT2D eigenvalue weighted by Crippen LogP contribution is -2.28. The second kappa shape index (κ2) is 45.5. The molecule has 0 aromatic carbocycles. The molecule has 0 heterocycles. The van der Waals surface area contributed by atoms with Gasteiger partial charge in [0.25, 0.3) is 0 Å². The second-order valence-electron chi connectivity index (χ2n) is 14.5. The van der Waals surface area contributed by atoms with Crippen LogP contribution in [0.25, 0.3) is 0 Å². The molecule has 324 valence electrons. The third-order valence-corrected chi connectivity index (χ3v) is 9.14. The predicted molar refractivity (Wildman–Crippen MR) is 249 cm³/mol. The Balaban J connectivity index is 4.31. The van der Waals surface area contributed by atoms with Crippen LogP contribution in [0.2, 0.25) is 0 Å². The number of carbonyl (C=O) groups excluding carboxylic acids is 2. The lowest BCUT2D eigenvalue weighted by atomic mass is 10.0. The summed E-state index contributed by atoms with van der Waals surface area (Å²) in [5, 5.41) is 11.1. The fourth-order valence-electron chi connectivity index (χ4n) is 5.86. The molecule has 0 saturated heterocycles. The topological polar surface area (TPSA) is 92.7 Å². The van der Waals surface area contributed by atoms with Gasteiger partial charge in [-0.2, -0.15) is 0 Å². The summed E-state index contributed by atoms with van der Waals surface area (Å²) in [6.45, 7) is 3.97. The number of amides is 1. The normalized spacial score (nSPS) is 13.3. The summed E-state index contributed by atoms with van der Waals surface area (Å²) in [5.41, 5.74) is 0. The van der Waals surface area contributed by atoms with Crippen molar-refractivity contribution in [1.82, 2.24) is 5.32 Å². The lowest BCUT2D eigenvalue weighted by molar-refractivity contribution is -0.150. The molecular formula is C52H81NO5. The zero-order valence-electron chi connectivity index (χ0n) is 36.6. The van der Waals surface area contributed by atoms with E-state index >= 15 is 0 Å². The van der Waals surface area contributed by atoms with Gasteiger partial charge in [-0.05, 0) is 116 Å². The molecule has 0 aliphatic heterocycles. The fourth-order valence-corrected chi connectivity index (χ4v) is 5.86. The first kappa shape index (κ1) is 53.8. The molecule has 0 spiro atoms. The summed E-state index contributed by atoms with van der Waals surface area (Å²) < 4.78 is 5.98. The third kappa shape index (κ3) is 44.5. The molecule has 0 saturated carbocycles. The summed E-state index contributed by atoms with van der Waals surface area (Å²) in [4.78, 5) is 35.1. The number of aliphatic carboxylic acids is 1. The van der Waals surface area contributed by atoms with Gasteiger partial charge in [-0.1, -0.05) is 167 Å². The highest BCUT2D eigenvalue weighted by Gasteiger charge is 2.14. The van der Waals surface area contributed by atoms with Crippen LogP contribution >= 0.6 is 0 Å². The Hall–Kier alpha value is -4.19. The Labute approximate surface area is 354 Å². The van der Waals surface area contributed by atoms with Crippen molar-refractivity contribution in [2.45, 2.75) is 180 Å². The van der Waals surface area contributed by atoms with Gasteiger partial charge in [0.1, 0.15) is 12.6 Å². The maximum atomic E-state index is 12.8. The standard InChI is InChI=1S/C52H81NO5/c1-3-5-7-9-11-13-15-17-18-19-20-21-22-23-24-25-26-28-30-32-34-39-43-47-52(57)58-49(45-41-37-35-38-42-46-50(54)53-48-51(55)56)44-40-36-33-31-29-27-16-14-12-10-8-6-4-2/h5-8,11-14,17-18,20-21,23-24,26-29,33,36,49H,3-4,9-10,15-16,19,22,25,30-32,34-35,37-48H2,1-2H3,(H,53,54)(H,55,56)/b7-5-,8-6-,13-11-,14-12-,18-17-,21-20-,24-23-,28-26-,29-27-,36-33-. The number of ether oxygens (including phenoxy) is 1. The summed E-state index contributed by atoms with van der Waals surface area (Å²) in [7, 11) is 0. The van der Waals surface area contributed by atoms with Crippen LogP contribution < -0.4 is 5.32 Å². The van der Waals surface area contributed by atoms with E-state index in [0.717, 1.165) is 148 Å². The van der Waals surface area contributed by atoms with Crippen LogP contribution in [0.15, 0.2) is 122 Å². The van der Waals surface area contributed by atoms with Crippen LogP contribution in [0.4, 0.5) is 0 Å². The zero-order valence-corrected chi connectivity index (χ0v) is 36.6. The first-order chi connectivity index (χ1) is 28.5. The number of carbonyl (C=O) groups is 3. The van der Waals surface area contributed by atoms with Crippen LogP contribution in [0.3, 0.4) is 0 Å². The van der Waals surface area contributed by atoms with Crippen LogP contribution in [0.1, 0.15) is 174 Å². The number of allylic oxidation sites excluding steroid dienone is 20. The van der Waals surface area contributed by atoms with E-state index in [1.54, 1.807) is 0 Å². The molecule has 0 radical (unpaired) electrons. The van der Waals surface area contributed by atoms with E-state index in [9.17, 15) is 14.4 Å². The summed E-state index contributed by atoms with van der Waals surface area (Å²) in [6, 6.07) is 0. The molecule has 0 aliphatic carbocycles. The number of hydrogen-bond acceptors (Lipinski definition) is 4. The number of carboxylic acid groups (broad SMARTS) is 1. The average Bonchev–Trinajstić information content (AvgIpc) is 3.21. The molecule has 6 heteroatoms. The molecule has 0 bridgehead atoms. The minimum atomic E-state index is -1.03. The molecule has 2 N–H and O–H groups in total. The van der Waals surface area contributed by atoms with Crippen molar-refractivity contribution < 1.29 is 24.2 Å². The molecule has 0 aromatic heterocycles. The first-order valence-corrected chi connectivity index (χ1v) is 22.7. The first-order valence-electron chi connectivity index (χ1n) is 22.7. The summed E-state index contributed by atoms with van der Waals surface area (Å²) in [6.07, 6.45) is 67.5. The van der Waals surface area contributed by atoms with Crippen molar-refractivity contribution in [3.63, 3.8) is 0 Å². The number of esters is 1. The Morgan fingerprint density at radius 2 is 0.828 bits per heavy atom. The van der Waals surface area contributed by atoms with Gasteiger partial charge < -0.3 is 15.2 Å². The minimum absolute atomic E-state index is 0.0746. The van der Waals surface area contributed by atoms with Crippen LogP contribution in [-0.4, -0.2) is 35.6 Å². The second-order valence-corrected chi connectivity index (χ2v) is 14.5. The van der Waals surface area contributed by atoms with Gasteiger partial charge >= 0.3 is 11.9 Å². The molecule has 58 heavy (non-hydrogen) atoms. The number of carboxylic acids is 1.